The van der Waals surface area contributed by atoms with Gasteiger partial charge in [0.05, 0.1) is 6.54 Å². The van der Waals surface area contributed by atoms with Crippen LogP contribution in [0.3, 0.4) is 0 Å². The van der Waals surface area contributed by atoms with Crippen LogP contribution < -0.4 is 15.4 Å². The molecule has 0 saturated carbocycles. The maximum atomic E-state index is 12.0. The Labute approximate surface area is 161 Å². The Balaban J connectivity index is 1.34. The van der Waals surface area contributed by atoms with Crippen LogP contribution in [0, 0.1) is 0 Å². The topological polar surface area (TPSA) is 50.4 Å². The third-order valence-electron chi connectivity index (χ3n) is 4.71. The van der Waals surface area contributed by atoms with E-state index in [2.05, 4.69) is 16.7 Å². The van der Waals surface area contributed by atoms with E-state index in [1.165, 1.54) is 31.3 Å². The Hall–Kier alpha value is -2.75. The monoisotopic (exact) mass is 364 g/mol. The summed E-state index contributed by atoms with van der Waals surface area (Å²) in [5.41, 5.74) is 3.54. The molecule has 4 nitrogen and oxygen atoms in total. The summed E-state index contributed by atoms with van der Waals surface area (Å²) < 4.78 is 5.77. The molecule has 27 heavy (non-hydrogen) atoms. The van der Waals surface area contributed by atoms with E-state index in [9.17, 15) is 4.79 Å². The quantitative estimate of drug-likeness (QED) is 0.635. The fourth-order valence-electron chi connectivity index (χ4n) is 3.15. The second kappa shape index (κ2) is 10.4. The third-order valence-corrected chi connectivity index (χ3v) is 4.71. The number of carbonyl (C=O) groups is 1. The predicted octanol–water partition coefficient (Wildman–Crippen LogP) is 4.68. The van der Waals surface area contributed by atoms with E-state index in [1.54, 1.807) is 0 Å². The lowest BCUT2D eigenvalue weighted by molar-refractivity contribution is -0.119. The van der Waals surface area contributed by atoms with Crippen LogP contribution >= 0.6 is 0 Å². The molecule has 0 aromatic heterocycles. The van der Waals surface area contributed by atoms with Crippen molar-refractivity contribution in [1.29, 1.82) is 0 Å². The first-order chi connectivity index (χ1) is 13.3. The summed E-state index contributed by atoms with van der Waals surface area (Å²) in [5.74, 6) is 0.838. The average Bonchev–Trinajstić information content (AvgIpc) is 2.73. The largest absolute Gasteiger partial charge is 0.489 e. The molecule has 4 heteroatoms. The lowest BCUT2D eigenvalue weighted by Crippen LogP contribution is -2.30. The van der Waals surface area contributed by atoms with Gasteiger partial charge in [0.1, 0.15) is 12.4 Å². The van der Waals surface area contributed by atoms with Gasteiger partial charge in [-0.15, -0.1) is 0 Å². The lowest BCUT2D eigenvalue weighted by atomic mass is 9.97. The van der Waals surface area contributed by atoms with E-state index in [-0.39, 0.29) is 12.5 Å². The Bertz CT molecular complexity index is 739. The van der Waals surface area contributed by atoms with Gasteiger partial charge in [0.15, 0.2) is 0 Å². The zero-order valence-electron chi connectivity index (χ0n) is 15.7. The molecule has 0 atom stereocenters. The Kier molecular flexibility index (Phi) is 7.34. The Morgan fingerprint density at radius 1 is 1.00 bits per heavy atom. The molecule has 2 aromatic rings. The highest BCUT2D eigenvalue weighted by Gasteiger charge is 2.05. The predicted molar refractivity (Wildman–Crippen MR) is 110 cm³/mol. The maximum Gasteiger partial charge on any atom is 0.239 e. The van der Waals surface area contributed by atoms with Crippen LogP contribution in [0.5, 0.6) is 5.75 Å². The smallest absolute Gasteiger partial charge is 0.239 e. The minimum atomic E-state index is 0.0239. The zero-order valence-corrected chi connectivity index (χ0v) is 15.7. The minimum Gasteiger partial charge on any atom is -0.489 e. The molecular weight excluding hydrogens is 336 g/mol. The molecule has 142 valence electrons. The number of allylic oxidation sites excluding steroid dienone is 1. The minimum absolute atomic E-state index is 0.0239. The van der Waals surface area contributed by atoms with Gasteiger partial charge in [-0.1, -0.05) is 42.0 Å². The maximum absolute atomic E-state index is 12.0. The standard InChI is InChI=1S/C23H28N2O2/c26-23(24-16-15-19-7-3-1-4-8-19)17-25-21-11-13-22(14-12-21)27-18-20-9-5-2-6-10-20/h2,5-7,9-14,25H,1,3-4,8,15-18H2,(H,24,26). The van der Waals surface area contributed by atoms with Gasteiger partial charge in [0, 0.05) is 12.2 Å². The zero-order chi connectivity index (χ0) is 18.7. The van der Waals surface area contributed by atoms with Crippen molar-refractivity contribution in [2.75, 3.05) is 18.4 Å². The number of benzene rings is 2. The number of hydrogen-bond donors (Lipinski definition) is 2. The molecule has 0 bridgehead atoms. The molecule has 0 fully saturated rings. The molecule has 2 aromatic carbocycles. The fraction of sp³-hybridized carbons (Fsp3) is 0.348. The van der Waals surface area contributed by atoms with Crippen LogP contribution in [0.15, 0.2) is 66.2 Å². The van der Waals surface area contributed by atoms with E-state index in [0.717, 1.165) is 30.0 Å². The van der Waals surface area contributed by atoms with Gasteiger partial charge < -0.3 is 15.4 Å². The highest BCUT2D eigenvalue weighted by Crippen LogP contribution is 2.19. The molecule has 0 saturated heterocycles. The second-order valence-corrected chi connectivity index (χ2v) is 6.86. The summed E-state index contributed by atoms with van der Waals surface area (Å²) in [6, 6.07) is 17.8. The van der Waals surface area contributed by atoms with Gasteiger partial charge in [0.25, 0.3) is 0 Å². The Morgan fingerprint density at radius 3 is 2.56 bits per heavy atom. The summed E-state index contributed by atoms with van der Waals surface area (Å²) in [7, 11) is 0. The van der Waals surface area contributed by atoms with Crippen molar-refractivity contribution in [1.82, 2.24) is 5.32 Å². The molecule has 1 aliphatic rings. The number of nitrogens with one attached hydrogen (secondary N) is 2. The number of ether oxygens (including phenoxy) is 1. The summed E-state index contributed by atoms with van der Waals surface area (Å²) >= 11 is 0. The van der Waals surface area contributed by atoms with Gasteiger partial charge in [-0.25, -0.2) is 0 Å². The van der Waals surface area contributed by atoms with E-state index >= 15 is 0 Å². The molecule has 0 spiro atoms. The van der Waals surface area contributed by atoms with Crippen molar-refractivity contribution in [2.45, 2.75) is 38.7 Å². The Morgan fingerprint density at radius 2 is 1.81 bits per heavy atom. The molecule has 0 heterocycles. The molecular formula is C23H28N2O2. The van der Waals surface area contributed by atoms with Gasteiger partial charge in [-0.3, -0.25) is 4.79 Å². The van der Waals surface area contributed by atoms with Crippen molar-refractivity contribution >= 4 is 11.6 Å². The van der Waals surface area contributed by atoms with E-state index in [1.807, 2.05) is 54.6 Å². The highest BCUT2D eigenvalue weighted by molar-refractivity contribution is 5.80. The summed E-state index contributed by atoms with van der Waals surface area (Å²) in [6.07, 6.45) is 8.26. The average molecular weight is 364 g/mol. The van der Waals surface area contributed by atoms with Gasteiger partial charge in [0.2, 0.25) is 5.91 Å². The van der Waals surface area contributed by atoms with Crippen molar-refractivity contribution in [3.05, 3.63) is 71.8 Å². The van der Waals surface area contributed by atoms with Crippen molar-refractivity contribution in [2.24, 2.45) is 0 Å². The van der Waals surface area contributed by atoms with E-state index < -0.39 is 0 Å². The van der Waals surface area contributed by atoms with Crippen molar-refractivity contribution < 1.29 is 9.53 Å². The first-order valence-electron chi connectivity index (χ1n) is 9.75. The van der Waals surface area contributed by atoms with Crippen LogP contribution in [0.1, 0.15) is 37.7 Å². The summed E-state index contributed by atoms with van der Waals surface area (Å²) in [4.78, 5) is 12.0. The highest BCUT2D eigenvalue weighted by atomic mass is 16.5. The van der Waals surface area contributed by atoms with Gasteiger partial charge in [-0.05, 0) is 61.9 Å². The van der Waals surface area contributed by atoms with E-state index in [4.69, 9.17) is 4.74 Å². The molecule has 0 aliphatic heterocycles. The van der Waals surface area contributed by atoms with E-state index in [0.29, 0.717) is 6.61 Å². The number of carbonyl (C=O) groups excluding carboxylic acids is 1. The molecule has 1 amide bonds. The van der Waals surface area contributed by atoms with Crippen LogP contribution in [-0.4, -0.2) is 19.0 Å². The lowest BCUT2D eigenvalue weighted by Gasteiger charge is -2.13. The van der Waals surface area contributed by atoms with Crippen molar-refractivity contribution in [3.8, 4) is 5.75 Å². The van der Waals surface area contributed by atoms with Gasteiger partial charge in [-0.2, -0.15) is 0 Å². The second-order valence-electron chi connectivity index (χ2n) is 6.86. The number of amides is 1. The first kappa shape index (κ1) is 19.0. The van der Waals surface area contributed by atoms with Crippen molar-refractivity contribution in [3.63, 3.8) is 0 Å². The third kappa shape index (κ3) is 6.81. The summed E-state index contributed by atoms with van der Waals surface area (Å²) in [5, 5.41) is 6.13. The van der Waals surface area contributed by atoms with Crippen LogP contribution in [-0.2, 0) is 11.4 Å². The van der Waals surface area contributed by atoms with Crippen LogP contribution in [0.2, 0.25) is 0 Å². The summed E-state index contributed by atoms with van der Waals surface area (Å²) in [6.45, 7) is 1.55. The van der Waals surface area contributed by atoms with Gasteiger partial charge >= 0.3 is 0 Å². The first-order valence-corrected chi connectivity index (χ1v) is 9.75. The van der Waals surface area contributed by atoms with Crippen LogP contribution in [0.25, 0.3) is 0 Å². The molecule has 0 radical (unpaired) electrons. The number of hydrogen-bond acceptors (Lipinski definition) is 3. The number of anilines is 1. The SMILES string of the molecule is O=C(CNc1ccc(OCc2ccccc2)cc1)NCCC1=CCCCC1. The molecule has 2 N–H and O–H groups in total. The molecule has 3 rings (SSSR count). The number of rotatable bonds is 9. The molecule has 1 aliphatic carbocycles. The molecule has 0 unspecified atom stereocenters. The van der Waals surface area contributed by atoms with Crippen LogP contribution in [0.4, 0.5) is 5.69 Å². The normalized spacial score (nSPS) is 13.6. The fourth-order valence-corrected chi connectivity index (χ4v) is 3.15.